The Morgan fingerprint density at radius 2 is 2.13 bits per heavy atom. The van der Waals surface area contributed by atoms with Crippen LogP contribution in [0.15, 0.2) is 23.1 Å². The summed E-state index contributed by atoms with van der Waals surface area (Å²) in [5.41, 5.74) is 1.42. The molecule has 0 aliphatic carbocycles. The van der Waals surface area contributed by atoms with Crippen LogP contribution < -0.4 is 0 Å². The third-order valence-corrected chi connectivity index (χ3v) is 2.06. The van der Waals surface area contributed by atoms with Crippen molar-refractivity contribution in [3.8, 4) is 0 Å². The van der Waals surface area contributed by atoms with Crippen LogP contribution in [-0.2, 0) is 16.1 Å². The highest BCUT2D eigenvalue weighted by Gasteiger charge is 2.08. The van der Waals surface area contributed by atoms with Crippen LogP contribution in [0, 0.1) is 0 Å². The Kier molecular flexibility index (Phi) is 4.65. The molecular formula is C11H14O3S. The Morgan fingerprint density at radius 1 is 1.40 bits per heavy atom. The molecule has 15 heavy (non-hydrogen) atoms. The first-order chi connectivity index (χ1) is 7.17. The second-order valence-corrected chi connectivity index (χ2v) is 3.56. The summed E-state index contributed by atoms with van der Waals surface area (Å²) in [6.07, 6.45) is 0. The van der Waals surface area contributed by atoms with Crippen molar-refractivity contribution in [2.24, 2.45) is 0 Å². The van der Waals surface area contributed by atoms with Gasteiger partial charge in [0, 0.05) is 12.0 Å². The topological polar surface area (TPSA) is 35.5 Å². The first-order valence-corrected chi connectivity index (χ1v) is 5.11. The summed E-state index contributed by atoms with van der Waals surface area (Å²) in [5.74, 6) is -0.328. The number of hydrogen-bond donors (Lipinski definition) is 1. The highest BCUT2D eigenvalue weighted by atomic mass is 32.1. The van der Waals surface area contributed by atoms with Gasteiger partial charge in [-0.05, 0) is 30.7 Å². The number of thiol groups is 1. The smallest absolute Gasteiger partial charge is 0.338 e. The zero-order valence-electron chi connectivity index (χ0n) is 8.82. The first kappa shape index (κ1) is 12.1. The van der Waals surface area contributed by atoms with Crippen molar-refractivity contribution in [2.75, 3.05) is 13.7 Å². The van der Waals surface area contributed by atoms with Crippen molar-refractivity contribution >= 4 is 18.6 Å². The summed E-state index contributed by atoms with van der Waals surface area (Å²) in [7, 11) is 1.61. The molecule has 1 rings (SSSR count). The lowest BCUT2D eigenvalue weighted by molar-refractivity contribution is 0.0525. The van der Waals surface area contributed by atoms with Crippen LogP contribution in [0.2, 0.25) is 0 Å². The molecule has 0 fully saturated rings. The minimum atomic E-state index is -0.328. The number of rotatable bonds is 4. The van der Waals surface area contributed by atoms with Gasteiger partial charge in [0.1, 0.15) is 0 Å². The summed E-state index contributed by atoms with van der Waals surface area (Å²) in [5, 5.41) is 0. The Labute approximate surface area is 94.8 Å². The number of benzene rings is 1. The van der Waals surface area contributed by atoms with Gasteiger partial charge in [-0.15, -0.1) is 12.6 Å². The molecule has 0 saturated heterocycles. The average molecular weight is 226 g/mol. The van der Waals surface area contributed by atoms with Crippen LogP contribution in [0.25, 0.3) is 0 Å². The van der Waals surface area contributed by atoms with E-state index in [9.17, 15) is 4.79 Å². The van der Waals surface area contributed by atoms with Crippen LogP contribution >= 0.6 is 12.6 Å². The van der Waals surface area contributed by atoms with Gasteiger partial charge in [0.25, 0.3) is 0 Å². The molecule has 0 spiro atoms. The van der Waals surface area contributed by atoms with Gasteiger partial charge in [-0.1, -0.05) is 0 Å². The summed E-state index contributed by atoms with van der Waals surface area (Å²) in [6.45, 7) is 2.61. The molecule has 82 valence electrons. The minimum Gasteiger partial charge on any atom is -0.462 e. The van der Waals surface area contributed by atoms with Crippen molar-refractivity contribution in [3.63, 3.8) is 0 Å². The van der Waals surface area contributed by atoms with Crippen LogP contribution in [0.5, 0.6) is 0 Å². The Balaban J connectivity index is 2.92. The van der Waals surface area contributed by atoms with E-state index in [2.05, 4.69) is 12.6 Å². The average Bonchev–Trinajstić information content (AvgIpc) is 2.17. The van der Waals surface area contributed by atoms with Gasteiger partial charge in [0.2, 0.25) is 0 Å². The highest BCUT2D eigenvalue weighted by molar-refractivity contribution is 7.80. The number of esters is 1. The van der Waals surface area contributed by atoms with E-state index in [1.807, 2.05) is 6.07 Å². The molecule has 0 N–H and O–H groups in total. The van der Waals surface area contributed by atoms with Gasteiger partial charge in [0.05, 0.1) is 18.8 Å². The van der Waals surface area contributed by atoms with E-state index in [0.29, 0.717) is 18.8 Å². The molecule has 3 nitrogen and oxygen atoms in total. The van der Waals surface area contributed by atoms with E-state index in [1.165, 1.54) is 0 Å². The zero-order valence-corrected chi connectivity index (χ0v) is 9.71. The fraction of sp³-hybridized carbons (Fsp3) is 0.364. The molecule has 0 aliphatic heterocycles. The summed E-state index contributed by atoms with van der Waals surface area (Å²) >= 11 is 4.22. The zero-order chi connectivity index (χ0) is 11.3. The fourth-order valence-corrected chi connectivity index (χ4v) is 1.56. The van der Waals surface area contributed by atoms with E-state index >= 15 is 0 Å². The number of methoxy groups -OCH3 is 1. The quantitative estimate of drug-likeness (QED) is 0.632. The molecule has 0 aliphatic rings. The maximum Gasteiger partial charge on any atom is 0.338 e. The molecule has 1 aromatic carbocycles. The molecule has 0 bridgehead atoms. The Hall–Kier alpha value is -1.00. The highest BCUT2D eigenvalue weighted by Crippen LogP contribution is 2.15. The van der Waals surface area contributed by atoms with E-state index in [1.54, 1.807) is 26.2 Å². The Bertz CT molecular complexity index is 350. The molecule has 0 unspecified atom stereocenters. The van der Waals surface area contributed by atoms with E-state index < -0.39 is 0 Å². The predicted octanol–water partition coefficient (Wildman–Crippen LogP) is 2.30. The van der Waals surface area contributed by atoms with Crippen LogP contribution in [0.4, 0.5) is 0 Å². The SMILES string of the molecule is CCOC(=O)c1cc(S)cc(COC)c1. The fourth-order valence-electron chi connectivity index (χ4n) is 1.26. The van der Waals surface area contributed by atoms with Gasteiger partial charge in [-0.25, -0.2) is 4.79 Å². The van der Waals surface area contributed by atoms with Gasteiger partial charge in [0.15, 0.2) is 0 Å². The summed E-state index contributed by atoms with van der Waals surface area (Å²) < 4.78 is 9.89. The normalized spacial score (nSPS) is 10.1. The van der Waals surface area contributed by atoms with Crippen LogP contribution in [0.3, 0.4) is 0 Å². The largest absolute Gasteiger partial charge is 0.462 e. The summed E-state index contributed by atoms with van der Waals surface area (Å²) in [4.78, 5) is 12.2. The third-order valence-electron chi connectivity index (χ3n) is 1.80. The van der Waals surface area contributed by atoms with Crippen molar-refractivity contribution in [1.29, 1.82) is 0 Å². The lowest BCUT2D eigenvalue weighted by atomic mass is 10.1. The van der Waals surface area contributed by atoms with Crippen molar-refractivity contribution in [2.45, 2.75) is 18.4 Å². The van der Waals surface area contributed by atoms with Gasteiger partial charge in [-0.3, -0.25) is 0 Å². The monoisotopic (exact) mass is 226 g/mol. The lowest BCUT2D eigenvalue weighted by Crippen LogP contribution is -2.05. The molecular weight excluding hydrogens is 212 g/mol. The first-order valence-electron chi connectivity index (χ1n) is 4.66. The second-order valence-electron chi connectivity index (χ2n) is 3.04. The standard InChI is InChI=1S/C11H14O3S/c1-3-14-11(12)9-4-8(7-13-2)5-10(15)6-9/h4-6,15H,3,7H2,1-2H3. The molecule has 1 aromatic rings. The lowest BCUT2D eigenvalue weighted by Gasteiger charge is -2.06. The number of carbonyl (C=O) groups is 1. The maximum atomic E-state index is 11.5. The summed E-state index contributed by atoms with van der Waals surface area (Å²) in [6, 6.07) is 5.29. The van der Waals surface area contributed by atoms with Gasteiger partial charge in [-0.2, -0.15) is 0 Å². The molecule has 0 radical (unpaired) electrons. The van der Waals surface area contributed by atoms with Crippen molar-refractivity contribution < 1.29 is 14.3 Å². The van der Waals surface area contributed by atoms with Crippen molar-refractivity contribution in [1.82, 2.24) is 0 Å². The maximum absolute atomic E-state index is 11.5. The van der Waals surface area contributed by atoms with E-state index in [-0.39, 0.29) is 5.97 Å². The predicted molar refractivity (Wildman–Crippen MR) is 60.4 cm³/mol. The molecule has 0 amide bonds. The molecule has 0 atom stereocenters. The van der Waals surface area contributed by atoms with Crippen molar-refractivity contribution in [3.05, 3.63) is 29.3 Å². The molecule has 0 aromatic heterocycles. The number of carbonyl (C=O) groups excluding carboxylic acids is 1. The van der Waals surface area contributed by atoms with Crippen LogP contribution in [-0.4, -0.2) is 19.7 Å². The molecule has 0 saturated carbocycles. The second kappa shape index (κ2) is 5.78. The molecule has 0 heterocycles. The number of hydrogen-bond acceptors (Lipinski definition) is 4. The van der Waals surface area contributed by atoms with E-state index in [0.717, 1.165) is 10.5 Å². The molecule has 4 heteroatoms. The van der Waals surface area contributed by atoms with E-state index in [4.69, 9.17) is 9.47 Å². The minimum absolute atomic E-state index is 0.328. The Morgan fingerprint density at radius 3 is 2.73 bits per heavy atom. The van der Waals surface area contributed by atoms with Gasteiger partial charge >= 0.3 is 5.97 Å². The van der Waals surface area contributed by atoms with Crippen LogP contribution in [0.1, 0.15) is 22.8 Å². The number of ether oxygens (including phenoxy) is 2. The van der Waals surface area contributed by atoms with Gasteiger partial charge < -0.3 is 9.47 Å². The third kappa shape index (κ3) is 3.57.